The van der Waals surface area contributed by atoms with E-state index in [0.717, 1.165) is 30.1 Å². The molecule has 4 atom stereocenters. The number of rotatable bonds is 3. The van der Waals surface area contributed by atoms with Crippen molar-refractivity contribution in [3.05, 3.63) is 5.82 Å². The minimum atomic E-state index is -0.0754. The summed E-state index contributed by atoms with van der Waals surface area (Å²) in [5, 5.41) is 11.8. The molecule has 1 heterocycles. The van der Waals surface area contributed by atoms with Crippen molar-refractivity contribution in [1.29, 1.82) is 0 Å². The molecule has 1 aromatic heterocycles. The van der Waals surface area contributed by atoms with E-state index in [9.17, 15) is 0 Å². The van der Waals surface area contributed by atoms with Gasteiger partial charge >= 0.3 is 0 Å². The Balaban J connectivity index is 1.72. The molecule has 2 bridgehead atoms. The third-order valence-corrected chi connectivity index (χ3v) is 4.26. The number of tetrazole rings is 1. The number of hydrogen-bond donors (Lipinski definition) is 1. The highest BCUT2D eigenvalue weighted by Crippen LogP contribution is 2.48. The van der Waals surface area contributed by atoms with E-state index in [1.165, 1.54) is 25.7 Å². The minimum Gasteiger partial charge on any atom is -0.322 e. The van der Waals surface area contributed by atoms with Gasteiger partial charge in [-0.3, -0.25) is 0 Å². The summed E-state index contributed by atoms with van der Waals surface area (Å²) in [6.45, 7) is 2.90. The molecule has 0 aliphatic heterocycles. The first kappa shape index (κ1) is 10.2. The van der Waals surface area contributed by atoms with Crippen molar-refractivity contribution >= 4 is 0 Å². The minimum absolute atomic E-state index is 0.0754. The second kappa shape index (κ2) is 3.80. The molecule has 5 heteroatoms. The molecule has 0 saturated heterocycles. The number of nitrogens with zero attached hydrogens (tertiary/aromatic N) is 4. The molecule has 0 radical (unpaired) electrons. The lowest BCUT2D eigenvalue weighted by molar-refractivity contribution is 0.278. The maximum absolute atomic E-state index is 5.85. The highest BCUT2D eigenvalue weighted by atomic mass is 15.5. The molecular weight excluding hydrogens is 202 g/mol. The van der Waals surface area contributed by atoms with Gasteiger partial charge in [-0.2, -0.15) is 0 Å². The number of nitrogens with two attached hydrogens (primary N) is 1. The van der Waals surface area contributed by atoms with Crippen molar-refractivity contribution in [2.45, 2.75) is 45.2 Å². The molecule has 2 aliphatic rings. The molecule has 0 amide bonds. The lowest BCUT2D eigenvalue weighted by Crippen LogP contribution is -2.22. The SMILES string of the molecule is CC(N)c1nnnn1CC1CC2CCC1C2. The fraction of sp³-hybridized carbons (Fsp3) is 0.909. The van der Waals surface area contributed by atoms with Crippen molar-refractivity contribution in [3.8, 4) is 0 Å². The first-order chi connectivity index (χ1) is 7.74. The van der Waals surface area contributed by atoms with Crippen molar-refractivity contribution in [1.82, 2.24) is 20.2 Å². The summed E-state index contributed by atoms with van der Waals surface area (Å²) >= 11 is 0. The molecule has 3 rings (SSSR count). The van der Waals surface area contributed by atoms with Crippen LogP contribution in [0.2, 0.25) is 0 Å². The maximum atomic E-state index is 5.85. The van der Waals surface area contributed by atoms with Crippen molar-refractivity contribution < 1.29 is 0 Å². The maximum Gasteiger partial charge on any atom is 0.167 e. The molecule has 2 saturated carbocycles. The largest absolute Gasteiger partial charge is 0.322 e. The second-order valence-corrected chi connectivity index (χ2v) is 5.44. The van der Waals surface area contributed by atoms with Gasteiger partial charge in [0.15, 0.2) is 5.82 Å². The first-order valence-electron chi connectivity index (χ1n) is 6.25. The molecule has 0 aromatic carbocycles. The van der Waals surface area contributed by atoms with Gasteiger partial charge in [0.1, 0.15) is 0 Å². The van der Waals surface area contributed by atoms with Crippen LogP contribution in [0.15, 0.2) is 0 Å². The predicted octanol–water partition coefficient (Wildman–Crippen LogP) is 1.13. The number of fused-ring (bicyclic) bond motifs is 2. The molecule has 4 unspecified atom stereocenters. The molecular formula is C11H19N5. The van der Waals surface area contributed by atoms with Crippen LogP contribution in [0.5, 0.6) is 0 Å². The van der Waals surface area contributed by atoms with Crippen LogP contribution < -0.4 is 5.73 Å². The van der Waals surface area contributed by atoms with Gasteiger partial charge in [0.25, 0.3) is 0 Å². The Labute approximate surface area is 95.4 Å². The van der Waals surface area contributed by atoms with Gasteiger partial charge in [0, 0.05) is 6.54 Å². The van der Waals surface area contributed by atoms with Crippen LogP contribution in [0.1, 0.15) is 44.5 Å². The van der Waals surface area contributed by atoms with Crippen LogP contribution in [0.25, 0.3) is 0 Å². The zero-order valence-electron chi connectivity index (χ0n) is 9.71. The summed E-state index contributed by atoms with van der Waals surface area (Å²) < 4.78 is 1.91. The van der Waals surface area contributed by atoms with Gasteiger partial charge in [0.05, 0.1) is 6.04 Å². The summed E-state index contributed by atoms with van der Waals surface area (Å²) in [5.41, 5.74) is 5.85. The molecule has 0 spiro atoms. The van der Waals surface area contributed by atoms with E-state index in [2.05, 4.69) is 15.5 Å². The van der Waals surface area contributed by atoms with E-state index in [1.54, 1.807) is 0 Å². The van der Waals surface area contributed by atoms with E-state index < -0.39 is 0 Å². The van der Waals surface area contributed by atoms with E-state index in [4.69, 9.17) is 5.73 Å². The Morgan fingerprint density at radius 3 is 2.94 bits per heavy atom. The molecule has 5 nitrogen and oxygen atoms in total. The predicted molar refractivity (Wildman–Crippen MR) is 59.4 cm³/mol. The molecule has 2 N–H and O–H groups in total. The highest BCUT2D eigenvalue weighted by Gasteiger charge is 2.39. The Kier molecular flexibility index (Phi) is 2.42. The van der Waals surface area contributed by atoms with E-state index in [1.807, 2.05) is 11.6 Å². The Bertz CT molecular complexity index is 372. The molecule has 16 heavy (non-hydrogen) atoms. The second-order valence-electron chi connectivity index (χ2n) is 5.44. The fourth-order valence-electron chi connectivity index (χ4n) is 3.49. The van der Waals surface area contributed by atoms with Gasteiger partial charge in [-0.1, -0.05) is 6.42 Å². The zero-order valence-corrected chi connectivity index (χ0v) is 9.71. The normalized spacial score (nSPS) is 34.5. The third kappa shape index (κ3) is 1.63. The Morgan fingerprint density at radius 1 is 1.44 bits per heavy atom. The van der Waals surface area contributed by atoms with E-state index in [-0.39, 0.29) is 6.04 Å². The van der Waals surface area contributed by atoms with Gasteiger partial charge in [-0.25, -0.2) is 4.68 Å². The monoisotopic (exact) mass is 221 g/mol. The van der Waals surface area contributed by atoms with Gasteiger partial charge in [-0.05, 0) is 54.4 Å². The van der Waals surface area contributed by atoms with Crippen LogP contribution >= 0.6 is 0 Å². The summed E-state index contributed by atoms with van der Waals surface area (Å²) in [6.07, 6.45) is 5.64. The van der Waals surface area contributed by atoms with Crippen molar-refractivity contribution in [2.24, 2.45) is 23.5 Å². The molecule has 2 fully saturated rings. The Hall–Kier alpha value is -0.970. The van der Waals surface area contributed by atoms with Crippen molar-refractivity contribution in [3.63, 3.8) is 0 Å². The van der Waals surface area contributed by atoms with Crippen LogP contribution in [-0.4, -0.2) is 20.2 Å². The summed E-state index contributed by atoms with van der Waals surface area (Å²) in [4.78, 5) is 0. The summed E-state index contributed by atoms with van der Waals surface area (Å²) in [6, 6.07) is -0.0754. The average Bonchev–Trinajstić information content (AvgIpc) is 2.91. The molecule has 2 aliphatic carbocycles. The first-order valence-corrected chi connectivity index (χ1v) is 6.25. The standard InChI is InChI=1S/C11H19N5/c1-7(12)11-13-14-15-16(11)6-10-5-8-2-3-9(10)4-8/h7-10H,2-6,12H2,1H3. The zero-order chi connectivity index (χ0) is 11.1. The quantitative estimate of drug-likeness (QED) is 0.830. The smallest absolute Gasteiger partial charge is 0.167 e. The number of aromatic nitrogens is 4. The Morgan fingerprint density at radius 2 is 2.31 bits per heavy atom. The fourth-order valence-corrected chi connectivity index (χ4v) is 3.49. The van der Waals surface area contributed by atoms with Crippen LogP contribution in [-0.2, 0) is 6.54 Å². The van der Waals surface area contributed by atoms with Gasteiger partial charge in [-0.15, -0.1) is 5.10 Å². The average molecular weight is 221 g/mol. The van der Waals surface area contributed by atoms with E-state index >= 15 is 0 Å². The van der Waals surface area contributed by atoms with Crippen LogP contribution in [0, 0.1) is 17.8 Å². The summed E-state index contributed by atoms with van der Waals surface area (Å²) in [5.74, 6) is 3.49. The summed E-state index contributed by atoms with van der Waals surface area (Å²) in [7, 11) is 0. The highest BCUT2D eigenvalue weighted by molar-refractivity contribution is 4.93. The third-order valence-electron chi connectivity index (χ3n) is 4.26. The lowest BCUT2D eigenvalue weighted by Gasteiger charge is -2.21. The van der Waals surface area contributed by atoms with E-state index in [0.29, 0.717) is 0 Å². The number of hydrogen-bond acceptors (Lipinski definition) is 4. The van der Waals surface area contributed by atoms with Crippen molar-refractivity contribution in [2.75, 3.05) is 0 Å². The van der Waals surface area contributed by atoms with Gasteiger partial charge < -0.3 is 5.73 Å². The lowest BCUT2D eigenvalue weighted by atomic mass is 9.89. The van der Waals surface area contributed by atoms with Crippen LogP contribution in [0.4, 0.5) is 0 Å². The molecule has 88 valence electrons. The van der Waals surface area contributed by atoms with Crippen LogP contribution in [0.3, 0.4) is 0 Å². The topological polar surface area (TPSA) is 69.6 Å². The van der Waals surface area contributed by atoms with Gasteiger partial charge in [0.2, 0.25) is 0 Å². The molecule has 1 aromatic rings.